The van der Waals surface area contributed by atoms with E-state index in [1.165, 1.54) is 5.57 Å². The lowest BCUT2D eigenvalue weighted by molar-refractivity contribution is -0.202. The van der Waals surface area contributed by atoms with E-state index in [4.69, 9.17) is 4.74 Å². The third-order valence-corrected chi connectivity index (χ3v) is 8.02. The molecule has 0 spiro atoms. The van der Waals surface area contributed by atoms with Crippen LogP contribution in [0.5, 0.6) is 0 Å². The van der Waals surface area contributed by atoms with Crippen LogP contribution in [0, 0.1) is 28.1 Å². The number of aliphatic hydroxyl groups is 2. The Morgan fingerprint density at radius 1 is 1.09 bits per heavy atom. The molecule has 0 amide bonds. The summed E-state index contributed by atoms with van der Waals surface area (Å²) in [6, 6.07) is 0. The number of fused-ring (bicyclic) bond motifs is 6. The molecule has 1 heterocycles. The normalized spacial score (nSPS) is 54.7. The molecule has 0 aromatic heterocycles. The van der Waals surface area contributed by atoms with Crippen LogP contribution in [-0.4, -0.2) is 35.1 Å². The first-order valence-corrected chi connectivity index (χ1v) is 9.38. The second-order valence-corrected chi connectivity index (χ2v) is 9.79. The maximum Gasteiger partial charge on any atom is 0.0862 e. The molecule has 0 radical (unpaired) electrons. The van der Waals surface area contributed by atoms with Crippen molar-refractivity contribution in [2.24, 2.45) is 28.1 Å². The Morgan fingerprint density at radius 2 is 1.83 bits per heavy atom. The van der Waals surface area contributed by atoms with Crippen molar-refractivity contribution in [3.8, 4) is 0 Å². The molecule has 2 bridgehead atoms. The predicted octanol–water partition coefficient (Wildman–Crippen LogP) is 3.30. The Balaban J connectivity index is 1.80. The fourth-order valence-corrected chi connectivity index (χ4v) is 6.69. The lowest BCUT2D eigenvalue weighted by Crippen LogP contribution is -2.62. The van der Waals surface area contributed by atoms with E-state index in [0.717, 1.165) is 32.1 Å². The highest BCUT2D eigenvalue weighted by Crippen LogP contribution is 2.64. The molecule has 4 aliphatic rings. The van der Waals surface area contributed by atoms with Gasteiger partial charge < -0.3 is 14.9 Å². The average molecular weight is 320 g/mol. The Kier molecular flexibility index (Phi) is 3.38. The first-order valence-electron chi connectivity index (χ1n) is 9.38. The molecule has 1 aliphatic heterocycles. The molecule has 3 nitrogen and oxygen atoms in total. The summed E-state index contributed by atoms with van der Waals surface area (Å²) in [5.74, 6) is 0.858. The van der Waals surface area contributed by atoms with Gasteiger partial charge in [0.25, 0.3) is 0 Å². The number of rotatable bonds is 0. The molecule has 3 fully saturated rings. The zero-order chi connectivity index (χ0) is 16.6. The predicted molar refractivity (Wildman–Crippen MR) is 89.9 cm³/mol. The summed E-state index contributed by atoms with van der Waals surface area (Å²) in [5.41, 5.74) is 1.49. The molecular weight excluding hydrogens is 288 g/mol. The van der Waals surface area contributed by atoms with Gasteiger partial charge in [0.15, 0.2) is 0 Å². The summed E-state index contributed by atoms with van der Waals surface area (Å²) in [4.78, 5) is 0. The van der Waals surface area contributed by atoms with Crippen molar-refractivity contribution in [1.29, 1.82) is 0 Å². The molecule has 0 unspecified atom stereocenters. The first kappa shape index (κ1) is 16.1. The minimum atomic E-state index is -0.398. The minimum Gasteiger partial charge on any atom is -0.393 e. The van der Waals surface area contributed by atoms with Crippen LogP contribution in [-0.2, 0) is 4.74 Å². The van der Waals surface area contributed by atoms with Crippen molar-refractivity contribution >= 4 is 0 Å². The van der Waals surface area contributed by atoms with Crippen LogP contribution in [0.1, 0.15) is 59.8 Å². The molecule has 7 atom stereocenters. The van der Waals surface area contributed by atoms with Gasteiger partial charge in [0.1, 0.15) is 0 Å². The quantitative estimate of drug-likeness (QED) is 0.673. The maximum atomic E-state index is 11.0. The molecular formula is C20H32O3. The summed E-state index contributed by atoms with van der Waals surface area (Å²) < 4.78 is 6.12. The van der Waals surface area contributed by atoms with E-state index < -0.39 is 6.10 Å². The monoisotopic (exact) mass is 320 g/mol. The van der Waals surface area contributed by atoms with Crippen LogP contribution in [0.25, 0.3) is 0 Å². The Labute approximate surface area is 140 Å². The van der Waals surface area contributed by atoms with E-state index >= 15 is 0 Å². The second-order valence-electron chi connectivity index (χ2n) is 9.79. The van der Waals surface area contributed by atoms with Crippen LogP contribution in [0.15, 0.2) is 11.6 Å². The second kappa shape index (κ2) is 4.83. The molecule has 2 N–H and O–H groups in total. The Bertz CT molecular complexity index is 539. The van der Waals surface area contributed by atoms with Crippen molar-refractivity contribution in [2.75, 3.05) is 6.61 Å². The SMILES string of the molecule is CC1(C)CC[C@@H](O)[C@]2(C)[C@@H]3C(=C[C@]4(C)C[C@H]3OC[C@@H]4O)CC[C@@H]12. The van der Waals surface area contributed by atoms with Crippen LogP contribution < -0.4 is 0 Å². The van der Waals surface area contributed by atoms with E-state index in [9.17, 15) is 10.2 Å². The molecule has 3 heteroatoms. The fraction of sp³-hybridized carbons (Fsp3) is 0.900. The lowest BCUT2D eigenvalue weighted by atomic mass is 9.43. The van der Waals surface area contributed by atoms with Gasteiger partial charge in [-0.3, -0.25) is 0 Å². The van der Waals surface area contributed by atoms with Crippen molar-refractivity contribution < 1.29 is 14.9 Å². The van der Waals surface area contributed by atoms with E-state index in [1.807, 2.05) is 0 Å². The molecule has 0 aromatic rings. The standard InChI is InChI=1S/C20H32O3/c1-18(2)8-7-15(21)20(4)14(18)6-5-12-9-19(3)10-13(17(12)20)23-11-16(19)22/h9,13-17,21-22H,5-8,10-11H2,1-4H3/t13-,14+,15-,16+,17-,19-,20-/m1/s1. The number of aliphatic hydroxyl groups excluding tert-OH is 2. The highest BCUT2D eigenvalue weighted by atomic mass is 16.5. The fourth-order valence-electron chi connectivity index (χ4n) is 6.69. The van der Waals surface area contributed by atoms with E-state index in [2.05, 4.69) is 33.8 Å². The molecule has 23 heavy (non-hydrogen) atoms. The summed E-state index contributed by atoms with van der Waals surface area (Å²) in [5, 5.41) is 21.4. The summed E-state index contributed by atoms with van der Waals surface area (Å²) in [6.45, 7) is 9.69. The minimum absolute atomic E-state index is 0.0971. The molecule has 4 rings (SSSR count). The van der Waals surface area contributed by atoms with Crippen LogP contribution in [0.2, 0.25) is 0 Å². The van der Waals surface area contributed by atoms with E-state index in [0.29, 0.717) is 18.4 Å². The highest BCUT2D eigenvalue weighted by Gasteiger charge is 2.62. The van der Waals surface area contributed by atoms with Gasteiger partial charge in [0.2, 0.25) is 0 Å². The number of ether oxygens (including phenoxy) is 1. The van der Waals surface area contributed by atoms with Crippen molar-refractivity contribution in [2.45, 2.75) is 78.1 Å². The Hall–Kier alpha value is -0.380. The van der Waals surface area contributed by atoms with Crippen LogP contribution >= 0.6 is 0 Å². The van der Waals surface area contributed by atoms with Crippen LogP contribution in [0.3, 0.4) is 0 Å². The lowest BCUT2D eigenvalue weighted by Gasteiger charge is -2.63. The molecule has 0 aromatic carbocycles. The van der Waals surface area contributed by atoms with Gasteiger partial charge in [0, 0.05) is 16.7 Å². The van der Waals surface area contributed by atoms with E-state index in [1.54, 1.807) is 0 Å². The van der Waals surface area contributed by atoms with Gasteiger partial charge in [-0.1, -0.05) is 39.3 Å². The Morgan fingerprint density at radius 3 is 2.57 bits per heavy atom. The van der Waals surface area contributed by atoms with Crippen molar-refractivity contribution in [3.05, 3.63) is 11.6 Å². The first-order chi connectivity index (χ1) is 10.7. The van der Waals surface area contributed by atoms with Gasteiger partial charge >= 0.3 is 0 Å². The summed E-state index contributed by atoms with van der Waals surface area (Å²) in [6.07, 6.45) is 7.03. The largest absolute Gasteiger partial charge is 0.393 e. The zero-order valence-corrected chi connectivity index (χ0v) is 15.0. The topological polar surface area (TPSA) is 49.7 Å². The van der Waals surface area contributed by atoms with Gasteiger partial charge in [-0.25, -0.2) is 0 Å². The summed E-state index contributed by atoms with van der Waals surface area (Å²) >= 11 is 0. The van der Waals surface area contributed by atoms with Crippen LogP contribution in [0.4, 0.5) is 0 Å². The highest BCUT2D eigenvalue weighted by molar-refractivity contribution is 5.29. The van der Waals surface area contributed by atoms with Crippen molar-refractivity contribution in [1.82, 2.24) is 0 Å². The zero-order valence-electron chi connectivity index (χ0n) is 15.0. The third kappa shape index (κ3) is 2.06. The smallest absolute Gasteiger partial charge is 0.0862 e. The molecule has 3 aliphatic carbocycles. The van der Waals surface area contributed by atoms with Gasteiger partial charge in [-0.05, 0) is 43.4 Å². The summed E-state index contributed by atoms with van der Waals surface area (Å²) in [7, 11) is 0. The van der Waals surface area contributed by atoms with Gasteiger partial charge in [-0.15, -0.1) is 0 Å². The molecule has 2 saturated carbocycles. The van der Waals surface area contributed by atoms with Gasteiger partial charge in [0.05, 0.1) is 24.9 Å². The molecule has 1 saturated heterocycles. The third-order valence-electron chi connectivity index (χ3n) is 8.02. The average Bonchev–Trinajstić information content (AvgIpc) is 2.47. The van der Waals surface area contributed by atoms with Gasteiger partial charge in [-0.2, -0.15) is 0 Å². The number of hydrogen-bond donors (Lipinski definition) is 2. The van der Waals surface area contributed by atoms with E-state index in [-0.39, 0.29) is 28.5 Å². The number of hydrogen-bond acceptors (Lipinski definition) is 3. The van der Waals surface area contributed by atoms with Crippen molar-refractivity contribution in [3.63, 3.8) is 0 Å². The maximum absolute atomic E-state index is 11.0. The molecule has 130 valence electrons.